The summed E-state index contributed by atoms with van der Waals surface area (Å²) >= 11 is 0. The van der Waals surface area contributed by atoms with Gasteiger partial charge in [-0.3, -0.25) is 0 Å². The highest BCUT2D eigenvalue weighted by Crippen LogP contribution is 2.47. The van der Waals surface area contributed by atoms with Gasteiger partial charge >= 0.3 is 0 Å². The molecule has 0 amide bonds. The Hall–Kier alpha value is -5.18. The molecule has 1 aliphatic carbocycles. The number of aliphatic hydroxyl groups is 1. The molecule has 7 aromatic rings. The molecule has 0 atom stereocenters. The van der Waals surface area contributed by atoms with Crippen LogP contribution in [0.4, 0.5) is 0 Å². The van der Waals surface area contributed by atoms with Crippen molar-refractivity contribution in [3.63, 3.8) is 0 Å². The maximum absolute atomic E-state index is 9.56. The van der Waals surface area contributed by atoms with Crippen LogP contribution in [-0.2, 0) is 11.8 Å². The molecule has 0 spiro atoms. The van der Waals surface area contributed by atoms with Crippen molar-refractivity contribution in [2.24, 2.45) is 0 Å². The van der Waals surface area contributed by atoms with Crippen LogP contribution in [0.15, 0.2) is 146 Å². The molecule has 0 heterocycles. The van der Waals surface area contributed by atoms with Gasteiger partial charge < -0.3 is 9.84 Å². The van der Waals surface area contributed by atoms with E-state index in [1.807, 2.05) is 6.07 Å². The molecule has 1 aliphatic rings. The molecule has 0 aliphatic heterocycles. The van der Waals surface area contributed by atoms with E-state index in [1.165, 1.54) is 43.8 Å². The Kier molecular flexibility index (Phi) is 6.51. The smallest absolute Gasteiger partial charge is 0.127 e. The lowest BCUT2D eigenvalue weighted by atomic mass is 9.66. The summed E-state index contributed by atoms with van der Waals surface area (Å²) in [5.74, 6) is 0.792. The summed E-state index contributed by atoms with van der Waals surface area (Å²) in [6.45, 7) is 0.225. The molecule has 8 rings (SSSR count). The Morgan fingerprint density at radius 2 is 1.20 bits per heavy atom. The molecular formula is C42H32O2. The predicted octanol–water partition coefficient (Wildman–Crippen LogP) is 9.74. The Bertz CT molecular complexity index is 2130. The first-order valence-corrected chi connectivity index (χ1v) is 15.3. The average molecular weight is 569 g/mol. The number of ether oxygens (including phenoxy) is 1. The lowest BCUT2D eigenvalue weighted by Crippen LogP contribution is -2.30. The third-order valence-corrected chi connectivity index (χ3v) is 9.24. The van der Waals surface area contributed by atoms with Gasteiger partial charge in [0.15, 0.2) is 0 Å². The maximum atomic E-state index is 9.56. The summed E-state index contributed by atoms with van der Waals surface area (Å²) in [6, 6.07) is 50.3. The molecule has 2 heteroatoms. The van der Waals surface area contributed by atoms with Crippen LogP contribution in [0.5, 0.6) is 5.75 Å². The monoisotopic (exact) mass is 568 g/mol. The van der Waals surface area contributed by atoms with E-state index in [9.17, 15) is 5.11 Å². The lowest BCUT2D eigenvalue weighted by Gasteiger charge is -2.37. The van der Waals surface area contributed by atoms with E-state index in [-0.39, 0.29) is 18.6 Å². The molecule has 0 fully saturated rings. The van der Waals surface area contributed by atoms with Crippen molar-refractivity contribution >= 4 is 38.4 Å². The molecule has 0 bridgehead atoms. The van der Waals surface area contributed by atoms with Crippen LogP contribution in [-0.4, -0.2) is 18.3 Å². The van der Waals surface area contributed by atoms with Crippen molar-refractivity contribution in [3.8, 4) is 16.9 Å². The molecular weight excluding hydrogens is 536 g/mol. The predicted molar refractivity (Wildman–Crippen MR) is 183 cm³/mol. The Morgan fingerprint density at radius 3 is 1.89 bits per heavy atom. The van der Waals surface area contributed by atoms with Gasteiger partial charge in [0.05, 0.1) is 6.61 Å². The normalized spacial score (nSPS) is 13.8. The quantitative estimate of drug-likeness (QED) is 0.216. The van der Waals surface area contributed by atoms with Crippen LogP contribution < -0.4 is 4.74 Å². The van der Waals surface area contributed by atoms with Crippen molar-refractivity contribution in [1.29, 1.82) is 0 Å². The molecule has 2 nitrogen and oxygen atoms in total. The first-order valence-electron chi connectivity index (χ1n) is 15.3. The molecule has 1 N–H and O–H groups in total. The first-order chi connectivity index (χ1) is 21.7. The second-order valence-corrected chi connectivity index (χ2v) is 11.7. The Labute approximate surface area is 257 Å². The van der Waals surface area contributed by atoms with E-state index in [1.54, 1.807) is 0 Å². The van der Waals surface area contributed by atoms with Crippen LogP contribution in [0.2, 0.25) is 0 Å². The van der Waals surface area contributed by atoms with Gasteiger partial charge in [-0.25, -0.2) is 0 Å². The van der Waals surface area contributed by atoms with Gasteiger partial charge in [0.25, 0.3) is 0 Å². The van der Waals surface area contributed by atoms with Crippen molar-refractivity contribution in [2.75, 3.05) is 13.2 Å². The number of aliphatic hydroxyl groups excluding tert-OH is 1. The highest BCUT2D eigenvalue weighted by molar-refractivity contribution is 6.02. The van der Waals surface area contributed by atoms with Gasteiger partial charge in [0.1, 0.15) is 12.4 Å². The largest absolute Gasteiger partial charge is 0.491 e. The minimum atomic E-state index is -0.339. The molecule has 0 radical (unpaired) electrons. The Morgan fingerprint density at radius 1 is 0.591 bits per heavy atom. The van der Waals surface area contributed by atoms with E-state index >= 15 is 0 Å². The van der Waals surface area contributed by atoms with E-state index in [4.69, 9.17) is 4.74 Å². The summed E-state index contributed by atoms with van der Waals surface area (Å²) in [6.07, 6.45) is 5.59. The zero-order valence-electron chi connectivity index (χ0n) is 24.4. The van der Waals surface area contributed by atoms with Crippen molar-refractivity contribution in [1.82, 2.24) is 0 Å². The molecule has 0 saturated carbocycles. The van der Waals surface area contributed by atoms with Gasteiger partial charge in [-0.1, -0.05) is 133 Å². The summed E-state index contributed by atoms with van der Waals surface area (Å²) in [5, 5.41) is 16.9. The van der Waals surface area contributed by atoms with Crippen LogP contribution in [0.1, 0.15) is 22.3 Å². The Balaban J connectivity index is 1.35. The highest BCUT2D eigenvalue weighted by Gasteiger charge is 2.36. The first kappa shape index (κ1) is 26.4. The van der Waals surface area contributed by atoms with Crippen LogP contribution in [0.25, 0.3) is 49.5 Å². The number of rotatable bonds is 6. The van der Waals surface area contributed by atoms with E-state index in [0.717, 1.165) is 34.1 Å². The van der Waals surface area contributed by atoms with Crippen LogP contribution >= 0.6 is 0 Å². The number of fused-ring (bicyclic) bond motifs is 4. The van der Waals surface area contributed by atoms with Gasteiger partial charge in [0, 0.05) is 11.0 Å². The maximum Gasteiger partial charge on any atom is 0.127 e. The van der Waals surface area contributed by atoms with Gasteiger partial charge in [0.2, 0.25) is 0 Å². The molecule has 0 aromatic heterocycles. The van der Waals surface area contributed by atoms with Crippen LogP contribution in [0.3, 0.4) is 0 Å². The van der Waals surface area contributed by atoms with Gasteiger partial charge in [-0.2, -0.15) is 0 Å². The minimum Gasteiger partial charge on any atom is -0.491 e. The second kappa shape index (κ2) is 10.8. The molecule has 0 unspecified atom stereocenters. The zero-order valence-corrected chi connectivity index (χ0v) is 24.4. The molecule has 7 aromatic carbocycles. The van der Waals surface area contributed by atoms with Crippen molar-refractivity contribution in [2.45, 2.75) is 11.8 Å². The third-order valence-electron chi connectivity index (χ3n) is 9.24. The fourth-order valence-corrected chi connectivity index (χ4v) is 7.07. The SMILES string of the molecule is OCCOc1ccc2ccccc2c1-c1cccc2c1C=CC(c1ccc3ccccc3c1)(c1ccc3ccccc3c1)C2. The minimum absolute atomic E-state index is 0.0287. The number of allylic oxidation sites excluding steroid dienone is 1. The van der Waals surface area contributed by atoms with E-state index in [0.29, 0.717) is 0 Å². The summed E-state index contributed by atoms with van der Waals surface area (Å²) < 4.78 is 6.13. The fourth-order valence-electron chi connectivity index (χ4n) is 7.07. The standard InChI is InChI=1S/C42H32O2/c43-24-25-44-40-21-18-31-10-5-6-14-38(31)41(40)39-15-7-13-34-28-42(23-22-37(34)39,35-19-16-29-8-1-3-11-32(29)26-35)36-20-17-30-9-2-4-12-33(30)27-36/h1-23,26-27,43H,24-25,28H2. The number of benzene rings is 7. The topological polar surface area (TPSA) is 29.5 Å². The summed E-state index contributed by atoms with van der Waals surface area (Å²) in [7, 11) is 0. The van der Waals surface area contributed by atoms with E-state index < -0.39 is 0 Å². The van der Waals surface area contributed by atoms with E-state index in [2.05, 4.69) is 146 Å². The average Bonchev–Trinajstić information content (AvgIpc) is 3.09. The molecule has 44 heavy (non-hydrogen) atoms. The summed E-state index contributed by atoms with van der Waals surface area (Å²) in [5.41, 5.74) is 6.97. The second-order valence-electron chi connectivity index (χ2n) is 11.7. The zero-order chi connectivity index (χ0) is 29.5. The van der Waals surface area contributed by atoms with Gasteiger partial charge in [-0.05, 0) is 84.8 Å². The van der Waals surface area contributed by atoms with Crippen molar-refractivity contribution < 1.29 is 9.84 Å². The third kappa shape index (κ3) is 4.38. The van der Waals surface area contributed by atoms with Gasteiger partial charge in [-0.15, -0.1) is 0 Å². The highest BCUT2D eigenvalue weighted by atomic mass is 16.5. The molecule has 0 saturated heterocycles. The fraction of sp³-hybridized carbons (Fsp3) is 0.0952. The molecule has 212 valence electrons. The van der Waals surface area contributed by atoms with Crippen molar-refractivity contribution in [3.05, 3.63) is 168 Å². The van der Waals surface area contributed by atoms with Crippen LogP contribution in [0, 0.1) is 0 Å². The summed E-state index contributed by atoms with van der Waals surface area (Å²) in [4.78, 5) is 0. The number of hydrogen-bond donors (Lipinski definition) is 1. The lowest BCUT2D eigenvalue weighted by molar-refractivity contribution is 0.202. The number of hydrogen-bond acceptors (Lipinski definition) is 2.